The van der Waals surface area contributed by atoms with Crippen LogP contribution in [0.5, 0.6) is 0 Å². The average Bonchev–Trinajstić information content (AvgIpc) is 2.42. The van der Waals surface area contributed by atoms with E-state index in [1.165, 1.54) is 0 Å². The second kappa shape index (κ2) is 5.72. The van der Waals surface area contributed by atoms with Crippen molar-refractivity contribution in [3.63, 3.8) is 0 Å². The molecule has 1 aromatic heterocycles. The van der Waals surface area contributed by atoms with Crippen molar-refractivity contribution in [3.05, 3.63) is 55.9 Å². The van der Waals surface area contributed by atoms with E-state index in [1.54, 1.807) is 0 Å². The van der Waals surface area contributed by atoms with Crippen LogP contribution >= 0.6 is 23.2 Å². The number of alkyl halides is 6. The first kappa shape index (κ1) is 17.6. The monoisotopic (exact) mass is 376 g/mol. The van der Waals surface area contributed by atoms with Crippen molar-refractivity contribution in [3.8, 4) is 5.69 Å². The SMILES string of the molecule is O=c1c(Cl)c(Cl)cnn1-c1cc(C(F)(F)F)cc(C(F)(F)F)c1. The summed E-state index contributed by atoms with van der Waals surface area (Å²) >= 11 is 11.1. The molecule has 11 heteroatoms. The van der Waals surface area contributed by atoms with Crippen LogP contribution in [0.4, 0.5) is 26.3 Å². The number of hydrogen-bond acceptors (Lipinski definition) is 2. The van der Waals surface area contributed by atoms with E-state index in [0.717, 1.165) is 6.20 Å². The van der Waals surface area contributed by atoms with Crippen LogP contribution in [0.2, 0.25) is 10.0 Å². The van der Waals surface area contributed by atoms with Gasteiger partial charge in [0.2, 0.25) is 0 Å². The van der Waals surface area contributed by atoms with Crippen LogP contribution in [-0.4, -0.2) is 9.78 Å². The highest BCUT2D eigenvalue weighted by Crippen LogP contribution is 2.36. The molecule has 3 nitrogen and oxygen atoms in total. The maximum absolute atomic E-state index is 12.8. The normalized spacial score (nSPS) is 12.5. The summed E-state index contributed by atoms with van der Waals surface area (Å²) in [5.74, 6) is 0. The van der Waals surface area contributed by atoms with Gasteiger partial charge in [-0.1, -0.05) is 23.2 Å². The molecule has 0 radical (unpaired) electrons. The number of nitrogens with zero attached hydrogens (tertiary/aromatic N) is 2. The first-order valence-corrected chi connectivity index (χ1v) is 6.40. The summed E-state index contributed by atoms with van der Waals surface area (Å²) in [6.07, 6.45) is -9.26. The van der Waals surface area contributed by atoms with E-state index in [4.69, 9.17) is 23.2 Å². The molecule has 0 bridgehead atoms. The third-order valence-electron chi connectivity index (χ3n) is 2.69. The highest BCUT2D eigenvalue weighted by molar-refractivity contribution is 6.41. The molecule has 0 atom stereocenters. The second-order valence-electron chi connectivity index (χ2n) is 4.29. The second-order valence-corrected chi connectivity index (χ2v) is 5.07. The number of aromatic nitrogens is 2. The largest absolute Gasteiger partial charge is 0.416 e. The van der Waals surface area contributed by atoms with Crippen LogP contribution in [0.3, 0.4) is 0 Å². The van der Waals surface area contributed by atoms with Crippen LogP contribution in [0.15, 0.2) is 29.2 Å². The summed E-state index contributed by atoms with van der Waals surface area (Å²) < 4.78 is 76.9. The van der Waals surface area contributed by atoms with Gasteiger partial charge in [-0.25, -0.2) is 0 Å². The Hall–Kier alpha value is -1.74. The molecule has 0 unspecified atom stereocenters. The molecular formula is C12H4Cl2F6N2O. The Morgan fingerprint density at radius 3 is 1.83 bits per heavy atom. The summed E-state index contributed by atoms with van der Waals surface area (Å²) in [7, 11) is 0. The van der Waals surface area contributed by atoms with E-state index in [0.29, 0.717) is 16.8 Å². The van der Waals surface area contributed by atoms with Crippen molar-refractivity contribution in [1.82, 2.24) is 9.78 Å². The average molecular weight is 377 g/mol. The number of rotatable bonds is 1. The lowest BCUT2D eigenvalue weighted by molar-refractivity contribution is -0.143. The molecular weight excluding hydrogens is 373 g/mol. The summed E-state index contributed by atoms with van der Waals surface area (Å²) in [6, 6.07) is 0.647. The van der Waals surface area contributed by atoms with Gasteiger partial charge in [-0.3, -0.25) is 4.79 Å². The molecule has 0 saturated carbocycles. The summed E-state index contributed by atoms with van der Waals surface area (Å²) in [6.45, 7) is 0. The smallest absolute Gasteiger partial charge is 0.266 e. The third-order valence-corrected chi connectivity index (χ3v) is 3.44. The molecule has 0 saturated heterocycles. The minimum Gasteiger partial charge on any atom is -0.266 e. The van der Waals surface area contributed by atoms with Gasteiger partial charge in [0.05, 0.1) is 28.0 Å². The van der Waals surface area contributed by atoms with Crippen LogP contribution < -0.4 is 5.56 Å². The molecule has 0 aliphatic rings. The lowest BCUT2D eigenvalue weighted by Crippen LogP contribution is -2.23. The molecule has 0 amide bonds. The van der Waals surface area contributed by atoms with Crippen LogP contribution in [0.1, 0.15) is 11.1 Å². The van der Waals surface area contributed by atoms with Gasteiger partial charge in [0.15, 0.2) is 0 Å². The predicted molar refractivity (Wildman–Crippen MR) is 69.9 cm³/mol. The first-order chi connectivity index (χ1) is 10.4. The fourth-order valence-corrected chi connectivity index (χ4v) is 1.91. The van der Waals surface area contributed by atoms with Crippen molar-refractivity contribution in [2.24, 2.45) is 0 Å². The molecule has 1 aromatic carbocycles. The van der Waals surface area contributed by atoms with Gasteiger partial charge in [-0.15, -0.1) is 0 Å². The molecule has 0 aliphatic carbocycles. The highest BCUT2D eigenvalue weighted by Gasteiger charge is 2.37. The van der Waals surface area contributed by atoms with Crippen molar-refractivity contribution in [1.29, 1.82) is 0 Å². The zero-order valence-corrected chi connectivity index (χ0v) is 12.1. The van der Waals surface area contributed by atoms with Gasteiger partial charge in [-0.2, -0.15) is 36.1 Å². The van der Waals surface area contributed by atoms with E-state index in [-0.39, 0.29) is 11.1 Å². The minimum atomic E-state index is -5.05. The van der Waals surface area contributed by atoms with Gasteiger partial charge in [0, 0.05) is 0 Å². The fourth-order valence-electron chi connectivity index (χ4n) is 1.66. The molecule has 2 rings (SSSR count). The van der Waals surface area contributed by atoms with Crippen molar-refractivity contribution < 1.29 is 26.3 Å². The molecule has 0 aliphatic heterocycles. The predicted octanol–water partition coefficient (Wildman–Crippen LogP) is 4.58. The topological polar surface area (TPSA) is 34.9 Å². The zero-order chi connectivity index (χ0) is 17.6. The zero-order valence-electron chi connectivity index (χ0n) is 10.6. The first-order valence-electron chi connectivity index (χ1n) is 5.64. The maximum atomic E-state index is 12.8. The number of halogens is 8. The Bertz CT molecular complexity index is 780. The summed E-state index contributed by atoms with van der Waals surface area (Å²) in [5, 5.41) is 2.55. The van der Waals surface area contributed by atoms with Crippen molar-refractivity contribution in [2.75, 3.05) is 0 Å². The summed E-state index contributed by atoms with van der Waals surface area (Å²) in [4.78, 5) is 11.8. The van der Waals surface area contributed by atoms with Crippen molar-refractivity contribution >= 4 is 23.2 Å². The number of benzene rings is 1. The lowest BCUT2D eigenvalue weighted by Gasteiger charge is -2.14. The molecule has 2 aromatic rings. The van der Waals surface area contributed by atoms with Crippen molar-refractivity contribution in [2.45, 2.75) is 12.4 Å². The highest BCUT2D eigenvalue weighted by atomic mass is 35.5. The van der Waals surface area contributed by atoms with Gasteiger partial charge in [0.1, 0.15) is 5.02 Å². The van der Waals surface area contributed by atoms with Gasteiger partial charge < -0.3 is 0 Å². The Labute approximate surface area is 134 Å². The quantitative estimate of drug-likeness (QED) is 0.683. The molecule has 0 spiro atoms. The van der Waals surface area contributed by atoms with Crippen LogP contribution in [-0.2, 0) is 12.4 Å². The van der Waals surface area contributed by atoms with Gasteiger partial charge in [0.25, 0.3) is 5.56 Å². The summed E-state index contributed by atoms with van der Waals surface area (Å²) in [5.41, 5.74) is -5.05. The molecule has 23 heavy (non-hydrogen) atoms. The molecule has 0 fully saturated rings. The van der Waals surface area contributed by atoms with Crippen LogP contribution in [0.25, 0.3) is 5.69 Å². The van der Waals surface area contributed by atoms with Gasteiger partial charge in [-0.05, 0) is 18.2 Å². The number of hydrogen-bond donors (Lipinski definition) is 0. The Kier molecular flexibility index (Phi) is 4.38. The van der Waals surface area contributed by atoms with E-state index in [9.17, 15) is 31.1 Å². The molecule has 124 valence electrons. The maximum Gasteiger partial charge on any atom is 0.416 e. The van der Waals surface area contributed by atoms with E-state index < -0.39 is 39.7 Å². The standard InChI is InChI=1S/C12H4Cl2F6N2O/c13-8-4-21-22(10(23)9(8)14)7-2-5(11(15,16)17)1-6(3-7)12(18,19)20/h1-4H. The van der Waals surface area contributed by atoms with E-state index in [2.05, 4.69) is 5.10 Å². The Morgan fingerprint density at radius 2 is 1.39 bits per heavy atom. The van der Waals surface area contributed by atoms with Gasteiger partial charge >= 0.3 is 12.4 Å². The van der Waals surface area contributed by atoms with E-state index in [1.807, 2.05) is 0 Å². The minimum absolute atomic E-state index is 0.0634. The molecule has 1 heterocycles. The van der Waals surface area contributed by atoms with E-state index >= 15 is 0 Å². The Morgan fingerprint density at radius 1 is 0.913 bits per heavy atom. The molecule has 0 N–H and O–H groups in total. The van der Waals surface area contributed by atoms with Crippen LogP contribution in [0, 0.1) is 0 Å². The lowest BCUT2D eigenvalue weighted by atomic mass is 10.1. The fraction of sp³-hybridized carbons (Fsp3) is 0.167. The Balaban J connectivity index is 2.78. The third kappa shape index (κ3) is 3.61.